The van der Waals surface area contributed by atoms with E-state index in [2.05, 4.69) is 24.1 Å². The highest BCUT2D eigenvalue weighted by atomic mass is 16.4. The van der Waals surface area contributed by atoms with Gasteiger partial charge in [-0.05, 0) is 51.1 Å². The lowest BCUT2D eigenvalue weighted by Crippen LogP contribution is -2.47. The zero-order valence-corrected chi connectivity index (χ0v) is 12.3. The number of fused-ring (bicyclic) bond motifs is 1. The maximum atomic E-state index is 11.2. The molecule has 3 unspecified atom stereocenters. The minimum atomic E-state index is -0.653. The second kappa shape index (κ2) is 6.71. The summed E-state index contributed by atoms with van der Waals surface area (Å²) in [6.45, 7) is 7.26. The summed E-state index contributed by atoms with van der Waals surface area (Å²) in [6.07, 6.45) is 5.80. The molecule has 2 N–H and O–H groups in total. The molecule has 2 aliphatic rings. The fraction of sp³-hybridized carbons (Fsp3) is 0.933. The lowest BCUT2D eigenvalue weighted by Gasteiger charge is -2.35. The number of carboxylic acid groups (broad SMARTS) is 1. The van der Waals surface area contributed by atoms with E-state index in [1.54, 1.807) is 0 Å². The van der Waals surface area contributed by atoms with Crippen LogP contribution in [0, 0.1) is 11.8 Å². The van der Waals surface area contributed by atoms with Crippen molar-refractivity contribution >= 4 is 5.97 Å². The van der Waals surface area contributed by atoms with Gasteiger partial charge in [0.05, 0.1) is 5.92 Å². The number of nitrogens with zero attached hydrogens (tertiary/aromatic N) is 1. The first-order chi connectivity index (χ1) is 9.06. The molecule has 2 aliphatic heterocycles. The van der Waals surface area contributed by atoms with Crippen molar-refractivity contribution in [1.82, 2.24) is 10.2 Å². The van der Waals surface area contributed by atoms with Gasteiger partial charge in [0, 0.05) is 18.6 Å². The van der Waals surface area contributed by atoms with E-state index in [4.69, 9.17) is 0 Å². The molecule has 110 valence electrons. The normalized spacial score (nSPS) is 29.4. The third-order valence-corrected chi connectivity index (χ3v) is 4.58. The second-order valence-corrected chi connectivity index (χ2v) is 6.63. The number of carbonyl (C=O) groups is 1. The average Bonchev–Trinajstić information content (AvgIpc) is 2.80. The molecular weight excluding hydrogens is 240 g/mol. The fourth-order valence-corrected chi connectivity index (χ4v) is 3.56. The van der Waals surface area contributed by atoms with Crippen LogP contribution in [0.15, 0.2) is 0 Å². The van der Waals surface area contributed by atoms with Crippen molar-refractivity contribution in [3.8, 4) is 0 Å². The van der Waals surface area contributed by atoms with Gasteiger partial charge in [0.15, 0.2) is 0 Å². The van der Waals surface area contributed by atoms with Crippen LogP contribution >= 0.6 is 0 Å². The van der Waals surface area contributed by atoms with E-state index in [1.807, 2.05) is 0 Å². The van der Waals surface area contributed by atoms with Crippen molar-refractivity contribution < 1.29 is 9.90 Å². The van der Waals surface area contributed by atoms with E-state index < -0.39 is 5.97 Å². The van der Waals surface area contributed by atoms with Gasteiger partial charge in [-0.3, -0.25) is 4.79 Å². The van der Waals surface area contributed by atoms with Gasteiger partial charge in [0.1, 0.15) is 0 Å². The average molecular weight is 268 g/mol. The zero-order chi connectivity index (χ0) is 13.8. The standard InChI is InChI=1S/C15H28N2O2/c1-11(2)8-12(15(18)19)10-16-13-5-7-17-6-3-4-14(17)9-13/h11-14,16H,3-10H2,1-2H3,(H,18,19). The monoisotopic (exact) mass is 268 g/mol. The molecule has 2 saturated heterocycles. The number of rotatable bonds is 6. The van der Waals surface area contributed by atoms with Gasteiger partial charge >= 0.3 is 5.97 Å². The van der Waals surface area contributed by atoms with Crippen molar-refractivity contribution in [1.29, 1.82) is 0 Å². The molecule has 0 aromatic heterocycles. The lowest BCUT2D eigenvalue weighted by molar-refractivity contribution is -0.142. The molecule has 0 radical (unpaired) electrons. The van der Waals surface area contributed by atoms with E-state index in [9.17, 15) is 9.90 Å². The van der Waals surface area contributed by atoms with Crippen LogP contribution in [0.4, 0.5) is 0 Å². The number of piperidine rings is 1. The Balaban J connectivity index is 1.76. The molecule has 3 atom stereocenters. The number of aliphatic carboxylic acids is 1. The van der Waals surface area contributed by atoms with Crippen molar-refractivity contribution in [2.75, 3.05) is 19.6 Å². The van der Waals surface area contributed by atoms with Gasteiger partial charge in [-0.25, -0.2) is 0 Å². The van der Waals surface area contributed by atoms with Gasteiger partial charge in [-0.2, -0.15) is 0 Å². The summed E-state index contributed by atoms with van der Waals surface area (Å²) < 4.78 is 0. The van der Waals surface area contributed by atoms with Crippen LogP contribution in [-0.2, 0) is 4.79 Å². The maximum absolute atomic E-state index is 11.2. The summed E-state index contributed by atoms with van der Waals surface area (Å²) in [5, 5.41) is 12.8. The molecule has 0 bridgehead atoms. The molecule has 19 heavy (non-hydrogen) atoms. The summed E-state index contributed by atoms with van der Waals surface area (Å²) in [7, 11) is 0. The zero-order valence-electron chi connectivity index (χ0n) is 12.3. The Bertz CT molecular complexity index is 307. The van der Waals surface area contributed by atoms with Crippen LogP contribution in [0.25, 0.3) is 0 Å². The van der Waals surface area contributed by atoms with Crippen molar-refractivity contribution in [2.24, 2.45) is 11.8 Å². The van der Waals surface area contributed by atoms with Gasteiger partial charge < -0.3 is 15.3 Å². The molecule has 4 nitrogen and oxygen atoms in total. The Hall–Kier alpha value is -0.610. The quantitative estimate of drug-likeness (QED) is 0.773. The molecule has 0 saturated carbocycles. The molecule has 4 heteroatoms. The molecular formula is C15H28N2O2. The highest BCUT2D eigenvalue weighted by Gasteiger charge is 2.32. The molecule has 0 aromatic rings. The van der Waals surface area contributed by atoms with Crippen LogP contribution in [0.3, 0.4) is 0 Å². The molecule has 0 aromatic carbocycles. The number of carboxylic acids is 1. The van der Waals surface area contributed by atoms with Gasteiger partial charge in [0.2, 0.25) is 0 Å². The van der Waals surface area contributed by atoms with Crippen LogP contribution in [0.5, 0.6) is 0 Å². The highest BCUT2D eigenvalue weighted by Crippen LogP contribution is 2.27. The number of nitrogens with one attached hydrogen (secondary N) is 1. The van der Waals surface area contributed by atoms with Crippen molar-refractivity contribution in [2.45, 2.75) is 58.0 Å². The summed E-state index contributed by atoms with van der Waals surface area (Å²) in [5.41, 5.74) is 0. The summed E-state index contributed by atoms with van der Waals surface area (Å²) in [4.78, 5) is 13.8. The van der Waals surface area contributed by atoms with Crippen molar-refractivity contribution in [3.05, 3.63) is 0 Å². The predicted octanol–water partition coefficient (Wildman–Crippen LogP) is 1.95. The SMILES string of the molecule is CC(C)CC(CNC1CCN2CCCC2C1)C(=O)O. The minimum absolute atomic E-state index is 0.235. The molecule has 2 heterocycles. The van der Waals surface area contributed by atoms with Gasteiger partial charge in [-0.15, -0.1) is 0 Å². The Morgan fingerprint density at radius 2 is 2.16 bits per heavy atom. The first kappa shape index (κ1) is 14.8. The third kappa shape index (κ3) is 4.18. The third-order valence-electron chi connectivity index (χ3n) is 4.58. The first-order valence-corrected chi connectivity index (χ1v) is 7.76. The number of hydrogen-bond acceptors (Lipinski definition) is 3. The topological polar surface area (TPSA) is 52.6 Å². The Morgan fingerprint density at radius 3 is 2.84 bits per heavy atom. The Labute approximate surface area is 116 Å². The molecule has 0 spiro atoms. The maximum Gasteiger partial charge on any atom is 0.307 e. The van der Waals surface area contributed by atoms with Crippen molar-refractivity contribution in [3.63, 3.8) is 0 Å². The fourth-order valence-electron chi connectivity index (χ4n) is 3.56. The van der Waals surface area contributed by atoms with Crippen LogP contribution in [0.1, 0.15) is 46.0 Å². The molecule has 2 fully saturated rings. The largest absolute Gasteiger partial charge is 0.481 e. The second-order valence-electron chi connectivity index (χ2n) is 6.63. The first-order valence-electron chi connectivity index (χ1n) is 7.76. The molecule has 0 amide bonds. The summed E-state index contributed by atoms with van der Waals surface area (Å²) in [5.74, 6) is -0.444. The minimum Gasteiger partial charge on any atom is -0.481 e. The summed E-state index contributed by atoms with van der Waals surface area (Å²) >= 11 is 0. The Morgan fingerprint density at radius 1 is 1.37 bits per heavy atom. The summed E-state index contributed by atoms with van der Waals surface area (Å²) in [6, 6.07) is 1.27. The smallest absolute Gasteiger partial charge is 0.307 e. The number of hydrogen-bond donors (Lipinski definition) is 2. The Kier molecular flexibility index (Phi) is 5.22. The van der Waals surface area contributed by atoms with Crippen LogP contribution in [0.2, 0.25) is 0 Å². The van der Waals surface area contributed by atoms with E-state index in [1.165, 1.54) is 38.8 Å². The van der Waals surface area contributed by atoms with Crippen LogP contribution in [-0.4, -0.2) is 47.7 Å². The van der Waals surface area contributed by atoms with E-state index in [-0.39, 0.29) is 5.92 Å². The van der Waals surface area contributed by atoms with Gasteiger partial charge in [-0.1, -0.05) is 13.8 Å². The lowest BCUT2D eigenvalue weighted by atomic mass is 9.94. The van der Waals surface area contributed by atoms with E-state index in [0.717, 1.165) is 12.5 Å². The predicted molar refractivity (Wildman–Crippen MR) is 76.2 cm³/mol. The van der Waals surface area contributed by atoms with Crippen LogP contribution < -0.4 is 5.32 Å². The molecule has 0 aliphatic carbocycles. The van der Waals surface area contributed by atoms with Gasteiger partial charge in [0.25, 0.3) is 0 Å². The highest BCUT2D eigenvalue weighted by molar-refractivity contribution is 5.70. The van der Waals surface area contributed by atoms with E-state index >= 15 is 0 Å². The van der Waals surface area contributed by atoms with E-state index in [0.29, 0.717) is 18.5 Å². The molecule has 2 rings (SSSR count).